The molecule has 0 radical (unpaired) electrons. The van der Waals surface area contributed by atoms with Crippen LogP contribution >= 0.6 is 0 Å². The Morgan fingerprint density at radius 1 is 1.07 bits per heavy atom. The van der Waals surface area contributed by atoms with Gasteiger partial charge in [-0.1, -0.05) is 24.3 Å². The Morgan fingerprint density at radius 2 is 1.79 bits per heavy atom. The Kier molecular flexibility index (Phi) is 5.94. The summed E-state index contributed by atoms with van der Waals surface area (Å²) in [5.74, 6) is 2.15. The molecule has 1 fully saturated rings. The number of ether oxygens (including phenoxy) is 3. The first-order valence-electron chi connectivity index (χ1n) is 10.2. The van der Waals surface area contributed by atoms with E-state index in [2.05, 4.69) is 4.90 Å². The van der Waals surface area contributed by atoms with Gasteiger partial charge in [-0.3, -0.25) is 0 Å². The molecule has 0 spiro atoms. The minimum atomic E-state index is -0.899. The maximum Gasteiger partial charge on any atom is 0.161 e. The lowest BCUT2D eigenvalue weighted by molar-refractivity contribution is -0.0358. The van der Waals surface area contributed by atoms with Crippen molar-refractivity contribution in [3.05, 3.63) is 53.6 Å². The number of aliphatic hydroxyl groups excluding tert-OH is 1. The Morgan fingerprint density at radius 3 is 2.55 bits per heavy atom. The smallest absolute Gasteiger partial charge is 0.161 e. The number of hydrogen-bond donors (Lipinski definition) is 2. The predicted molar refractivity (Wildman–Crippen MR) is 110 cm³/mol. The lowest BCUT2D eigenvalue weighted by Gasteiger charge is -2.39. The summed E-state index contributed by atoms with van der Waals surface area (Å²) in [5.41, 5.74) is 0.758. The zero-order valence-electron chi connectivity index (χ0n) is 16.8. The van der Waals surface area contributed by atoms with E-state index >= 15 is 0 Å². The second-order valence-electron chi connectivity index (χ2n) is 7.80. The van der Waals surface area contributed by atoms with Crippen molar-refractivity contribution in [2.24, 2.45) is 0 Å². The van der Waals surface area contributed by atoms with Gasteiger partial charge in [-0.05, 0) is 36.6 Å². The van der Waals surface area contributed by atoms with Gasteiger partial charge < -0.3 is 29.3 Å². The second kappa shape index (κ2) is 8.61. The zero-order valence-corrected chi connectivity index (χ0v) is 16.8. The number of aliphatic hydroxyl groups is 2. The molecule has 1 atom stereocenters. The summed E-state index contributed by atoms with van der Waals surface area (Å²) in [5, 5.41) is 21.9. The quantitative estimate of drug-likeness (QED) is 0.806. The number of methoxy groups -OCH3 is 1. The molecule has 2 aromatic rings. The molecule has 0 saturated carbocycles. The van der Waals surface area contributed by atoms with E-state index in [-0.39, 0.29) is 0 Å². The highest BCUT2D eigenvalue weighted by atomic mass is 16.5. The molecule has 2 aromatic carbocycles. The van der Waals surface area contributed by atoms with E-state index < -0.39 is 11.7 Å². The van der Waals surface area contributed by atoms with E-state index in [0.717, 1.165) is 29.0 Å². The molecule has 2 aliphatic rings. The third-order valence-corrected chi connectivity index (χ3v) is 5.88. The van der Waals surface area contributed by atoms with Gasteiger partial charge in [0.1, 0.15) is 5.75 Å². The fourth-order valence-electron chi connectivity index (χ4n) is 4.14. The monoisotopic (exact) mass is 399 g/mol. The van der Waals surface area contributed by atoms with Crippen molar-refractivity contribution >= 4 is 0 Å². The van der Waals surface area contributed by atoms with Gasteiger partial charge in [-0.2, -0.15) is 0 Å². The van der Waals surface area contributed by atoms with Crippen LogP contribution in [0.3, 0.4) is 0 Å². The molecule has 0 amide bonds. The predicted octanol–water partition coefficient (Wildman–Crippen LogP) is 2.87. The van der Waals surface area contributed by atoms with E-state index in [0.29, 0.717) is 51.4 Å². The van der Waals surface area contributed by atoms with Crippen molar-refractivity contribution in [2.75, 3.05) is 40.0 Å². The molecule has 29 heavy (non-hydrogen) atoms. The molecular formula is C23H29NO5. The number of likely N-dealkylation sites (tertiary alicyclic amines) is 1. The van der Waals surface area contributed by atoms with Crippen LogP contribution in [0.25, 0.3) is 0 Å². The topological polar surface area (TPSA) is 71.4 Å². The van der Waals surface area contributed by atoms with E-state index in [1.807, 2.05) is 42.5 Å². The Labute approximate surface area is 171 Å². The first-order chi connectivity index (χ1) is 14.1. The number of fused-ring (bicyclic) bond motifs is 1. The first kappa shape index (κ1) is 20.0. The molecule has 0 bridgehead atoms. The van der Waals surface area contributed by atoms with Gasteiger partial charge in [-0.25, -0.2) is 0 Å². The van der Waals surface area contributed by atoms with Crippen LogP contribution in [0.2, 0.25) is 0 Å². The lowest BCUT2D eigenvalue weighted by atomic mass is 9.83. The van der Waals surface area contributed by atoms with Crippen molar-refractivity contribution in [3.63, 3.8) is 0 Å². The van der Waals surface area contributed by atoms with Crippen molar-refractivity contribution in [1.29, 1.82) is 0 Å². The minimum Gasteiger partial charge on any atom is -0.496 e. The first-order valence-corrected chi connectivity index (χ1v) is 10.2. The molecule has 1 saturated heterocycles. The van der Waals surface area contributed by atoms with Crippen LogP contribution in [0.15, 0.2) is 42.5 Å². The summed E-state index contributed by atoms with van der Waals surface area (Å²) >= 11 is 0. The Bertz CT molecular complexity index is 832. The highest BCUT2D eigenvalue weighted by Gasteiger charge is 2.36. The molecule has 0 aliphatic carbocycles. The van der Waals surface area contributed by atoms with E-state index in [9.17, 15) is 10.2 Å². The lowest BCUT2D eigenvalue weighted by Crippen LogP contribution is -2.44. The molecule has 2 heterocycles. The summed E-state index contributed by atoms with van der Waals surface area (Å²) < 4.78 is 16.8. The van der Waals surface area contributed by atoms with E-state index in [1.54, 1.807) is 7.11 Å². The number of β-amino-alcohol motifs (C(OH)–C–C–N with tert-alkyl or cyclic N) is 1. The number of para-hydroxylation sites is 1. The molecule has 2 aliphatic heterocycles. The van der Waals surface area contributed by atoms with Gasteiger partial charge in [-0.15, -0.1) is 0 Å². The number of nitrogens with zero attached hydrogens (tertiary/aromatic N) is 1. The van der Waals surface area contributed by atoms with Crippen molar-refractivity contribution < 1.29 is 24.4 Å². The summed E-state index contributed by atoms with van der Waals surface area (Å²) in [4.78, 5) is 2.19. The van der Waals surface area contributed by atoms with Crippen LogP contribution in [-0.4, -0.2) is 55.1 Å². The number of hydrogen-bond acceptors (Lipinski definition) is 6. The third kappa shape index (κ3) is 4.34. The van der Waals surface area contributed by atoms with Crippen LogP contribution in [0.1, 0.15) is 36.5 Å². The van der Waals surface area contributed by atoms with Gasteiger partial charge in [0.15, 0.2) is 11.5 Å². The van der Waals surface area contributed by atoms with E-state index in [1.165, 1.54) is 0 Å². The fraction of sp³-hybridized carbons (Fsp3) is 0.478. The summed E-state index contributed by atoms with van der Waals surface area (Å²) in [6, 6.07) is 13.3. The maximum absolute atomic E-state index is 11.2. The molecule has 6 heteroatoms. The van der Waals surface area contributed by atoms with Crippen molar-refractivity contribution in [2.45, 2.75) is 31.0 Å². The molecule has 0 aromatic heterocycles. The van der Waals surface area contributed by atoms with Crippen LogP contribution in [-0.2, 0) is 5.60 Å². The van der Waals surface area contributed by atoms with Gasteiger partial charge >= 0.3 is 0 Å². The Balaban J connectivity index is 1.39. The summed E-state index contributed by atoms with van der Waals surface area (Å²) in [7, 11) is 1.63. The van der Waals surface area contributed by atoms with Crippen molar-refractivity contribution in [1.82, 2.24) is 4.90 Å². The van der Waals surface area contributed by atoms with Gasteiger partial charge in [0, 0.05) is 31.6 Å². The molecule has 2 N–H and O–H groups in total. The molecule has 6 nitrogen and oxygen atoms in total. The Hall–Kier alpha value is -2.28. The van der Waals surface area contributed by atoms with Gasteiger partial charge in [0.2, 0.25) is 0 Å². The molecule has 156 valence electrons. The highest BCUT2D eigenvalue weighted by Crippen LogP contribution is 2.38. The summed E-state index contributed by atoms with van der Waals surface area (Å²) in [6.07, 6.45) is 1.43. The number of benzene rings is 2. The number of rotatable bonds is 5. The third-order valence-electron chi connectivity index (χ3n) is 5.88. The van der Waals surface area contributed by atoms with E-state index in [4.69, 9.17) is 14.2 Å². The van der Waals surface area contributed by atoms with Gasteiger partial charge in [0.25, 0.3) is 0 Å². The molecule has 4 rings (SSSR count). The zero-order chi connectivity index (χ0) is 20.3. The van der Waals surface area contributed by atoms with Crippen LogP contribution in [0.4, 0.5) is 0 Å². The SMILES string of the molecule is COc1ccccc1C1(O)CCN(CC(O)c2ccc3c(c2)OCCCO3)CC1. The highest BCUT2D eigenvalue weighted by molar-refractivity contribution is 5.44. The van der Waals surface area contributed by atoms with Crippen LogP contribution < -0.4 is 14.2 Å². The average Bonchev–Trinajstić information content (AvgIpc) is 3.00. The van der Waals surface area contributed by atoms with Gasteiger partial charge in [0.05, 0.1) is 32.0 Å². The maximum atomic E-state index is 11.2. The van der Waals surface area contributed by atoms with Crippen LogP contribution in [0, 0.1) is 0 Å². The second-order valence-corrected chi connectivity index (χ2v) is 7.80. The summed E-state index contributed by atoms with van der Waals surface area (Å²) in [6.45, 7) is 3.20. The largest absolute Gasteiger partial charge is 0.496 e. The minimum absolute atomic E-state index is 0.516. The molecular weight excluding hydrogens is 370 g/mol. The fourth-order valence-corrected chi connectivity index (χ4v) is 4.14. The standard InChI is InChI=1S/C23H29NO5/c1-27-20-6-3-2-5-18(20)23(26)9-11-24(12-10-23)16-19(25)17-7-8-21-22(15-17)29-14-4-13-28-21/h2-3,5-8,15,19,25-26H,4,9-14,16H2,1H3. The molecule has 1 unspecified atom stereocenters. The van der Waals surface area contributed by atoms with Crippen molar-refractivity contribution in [3.8, 4) is 17.2 Å². The van der Waals surface area contributed by atoms with Crippen LogP contribution in [0.5, 0.6) is 17.2 Å². The average molecular weight is 399 g/mol. The normalized spacial score (nSPS) is 20.0. The number of piperidine rings is 1.